The van der Waals surface area contributed by atoms with Crippen molar-refractivity contribution in [3.05, 3.63) is 23.8 Å². The number of hydrogen-bond acceptors (Lipinski definition) is 4. The second kappa shape index (κ2) is 5.76. The Morgan fingerprint density at radius 3 is 2.00 bits per heavy atom. The topological polar surface area (TPSA) is 44.8 Å². The van der Waals surface area contributed by atoms with Crippen LogP contribution in [0.5, 0.6) is 11.5 Å². The van der Waals surface area contributed by atoms with Crippen LogP contribution in [-0.4, -0.2) is 26.8 Å². The van der Waals surface area contributed by atoms with Gasteiger partial charge in [-0.2, -0.15) is 0 Å². The molecule has 1 rings (SSSR count). The maximum atomic E-state index is 12.0. The van der Waals surface area contributed by atoms with E-state index in [9.17, 15) is 4.79 Å². The summed E-state index contributed by atoms with van der Waals surface area (Å²) >= 11 is 0. The van der Waals surface area contributed by atoms with Gasteiger partial charge in [0, 0.05) is 6.07 Å². The van der Waals surface area contributed by atoms with Gasteiger partial charge >= 0.3 is 5.97 Å². The first-order valence-electron chi connectivity index (χ1n) is 5.86. The van der Waals surface area contributed by atoms with Crippen molar-refractivity contribution in [2.75, 3.05) is 20.8 Å². The predicted octanol–water partition coefficient (Wildman–Crippen LogP) is 2.54. The molecule has 0 unspecified atom stereocenters. The zero-order chi connectivity index (χ0) is 13.8. The lowest BCUT2D eigenvalue weighted by atomic mass is 9.84. The van der Waals surface area contributed by atoms with Crippen LogP contribution in [0, 0.1) is 0 Å². The molecule has 0 aromatic heterocycles. The van der Waals surface area contributed by atoms with Crippen molar-refractivity contribution >= 4 is 5.97 Å². The Morgan fingerprint density at radius 2 is 1.61 bits per heavy atom. The second-order valence-corrected chi connectivity index (χ2v) is 4.45. The van der Waals surface area contributed by atoms with Crippen molar-refractivity contribution in [1.29, 1.82) is 0 Å². The Balaban J connectivity index is 3.17. The van der Waals surface area contributed by atoms with Crippen molar-refractivity contribution in [2.24, 2.45) is 0 Å². The monoisotopic (exact) mass is 252 g/mol. The van der Waals surface area contributed by atoms with E-state index < -0.39 is 5.41 Å². The number of benzene rings is 1. The predicted molar refractivity (Wildman–Crippen MR) is 69.2 cm³/mol. The quantitative estimate of drug-likeness (QED) is 0.755. The largest absolute Gasteiger partial charge is 0.497 e. The van der Waals surface area contributed by atoms with Crippen LogP contribution in [0.1, 0.15) is 26.3 Å². The molecule has 0 aliphatic rings. The summed E-state index contributed by atoms with van der Waals surface area (Å²) in [4.78, 5) is 12.0. The van der Waals surface area contributed by atoms with Gasteiger partial charge in [0.2, 0.25) is 0 Å². The SMILES string of the molecule is CCOC(=O)C(C)(C)c1cc(OC)cc(OC)c1. The molecule has 0 saturated carbocycles. The van der Waals surface area contributed by atoms with Gasteiger partial charge in [0.05, 0.1) is 26.2 Å². The van der Waals surface area contributed by atoms with E-state index >= 15 is 0 Å². The number of carbonyl (C=O) groups excluding carboxylic acids is 1. The van der Waals surface area contributed by atoms with Gasteiger partial charge < -0.3 is 14.2 Å². The maximum Gasteiger partial charge on any atom is 0.315 e. The van der Waals surface area contributed by atoms with Gasteiger partial charge in [-0.05, 0) is 38.5 Å². The molecule has 100 valence electrons. The van der Waals surface area contributed by atoms with Crippen LogP contribution >= 0.6 is 0 Å². The van der Waals surface area contributed by atoms with Crippen molar-refractivity contribution in [2.45, 2.75) is 26.2 Å². The average molecular weight is 252 g/mol. The molecule has 0 amide bonds. The molecule has 0 bridgehead atoms. The van der Waals surface area contributed by atoms with E-state index in [0.717, 1.165) is 5.56 Å². The minimum Gasteiger partial charge on any atom is -0.497 e. The number of rotatable bonds is 5. The molecule has 4 heteroatoms. The third-order valence-electron chi connectivity index (χ3n) is 2.86. The Hall–Kier alpha value is -1.71. The standard InChI is InChI=1S/C14H20O4/c1-6-18-13(15)14(2,3)10-7-11(16-4)9-12(8-10)17-5/h7-9H,6H2,1-5H3. The minimum atomic E-state index is -0.738. The summed E-state index contributed by atoms with van der Waals surface area (Å²) < 4.78 is 15.5. The van der Waals surface area contributed by atoms with Gasteiger partial charge in [-0.3, -0.25) is 4.79 Å². The Labute approximate surface area is 108 Å². The molecule has 18 heavy (non-hydrogen) atoms. The Kier molecular flexibility index (Phi) is 4.59. The van der Waals surface area contributed by atoms with Gasteiger partial charge in [0.15, 0.2) is 0 Å². The van der Waals surface area contributed by atoms with Gasteiger partial charge in [0.25, 0.3) is 0 Å². The molecule has 1 aromatic carbocycles. The van der Waals surface area contributed by atoms with E-state index in [-0.39, 0.29) is 5.97 Å². The molecular weight excluding hydrogens is 232 g/mol. The van der Waals surface area contributed by atoms with Crippen LogP contribution in [0.25, 0.3) is 0 Å². The molecule has 0 N–H and O–H groups in total. The van der Waals surface area contributed by atoms with Crippen LogP contribution in [0.2, 0.25) is 0 Å². The number of ether oxygens (including phenoxy) is 3. The van der Waals surface area contributed by atoms with Gasteiger partial charge in [-0.25, -0.2) is 0 Å². The zero-order valence-electron chi connectivity index (χ0n) is 11.6. The summed E-state index contributed by atoms with van der Waals surface area (Å²) in [5, 5.41) is 0. The Morgan fingerprint density at radius 1 is 1.11 bits per heavy atom. The van der Waals surface area contributed by atoms with Crippen molar-refractivity contribution in [3.8, 4) is 11.5 Å². The number of carbonyl (C=O) groups is 1. The highest BCUT2D eigenvalue weighted by Crippen LogP contribution is 2.32. The lowest BCUT2D eigenvalue weighted by Crippen LogP contribution is -2.31. The smallest absolute Gasteiger partial charge is 0.315 e. The van der Waals surface area contributed by atoms with E-state index in [2.05, 4.69) is 0 Å². The molecule has 0 saturated heterocycles. The molecule has 0 radical (unpaired) electrons. The van der Waals surface area contributed by atoms with E-state index in [1.54, 1.807) is 27.2 Å². The van der Waals surface area contributed by atoms with Crippen molar-refractivity contribution < 1.29 is 19.0 Å². The average Bonchev–Trinajstić information content (AvgIpc) is 2.38. The van der Waals surface area contributed by atoms with E-state index in [0.29, 0.717) is 18.1 Å². The highest BCUT2D eigenvalue weighted by atomic mass is 16.5. The maximum absolute atomic E-state index is 12.0. The fraction of sp³-hybridized carbons (Fsp3) is 0.500. The molecule has 0 heterocycles. The lowest BCUT2D eigenvalue weighted by Gasteiger charge is -2.23. The third-order valence-corrected chi connectivity index (χ3v) is 2.86. The molecule has 4 nitrogen and oxygen atoms in total. The van der Waals surface area contributed by atoms with E-state index in [1.807, 2.05) is 26.0 Å². The van der Waals surface area contributed by atoms with Crippen LogP contribution in [0.15, 0.2) is 18.2 Å². The van der Waals surface area contributed by atoms with Gasteiger partial charge in [-0.15, -0.1) is 0 Å². The molecule has 0 aliphatic heterocycles. The fourth-order valence-corrected chi connectivity index (χ4v) is 1.60. The van der Waals surface area contributed by atoms with Crippen LogP contribution in [0.3, 0.4) is 0 Å². The summed E-state index contributed by atoms with van der Waals surface area (Å²) in [6.45, 7) is 5.79. The normalized spacial score (nSPS) is 10.9. The minimum absolute atomic E-state index is 0.264. The second-order valence-electron chi connectivity index (χ2n) is 4.45. The van der Waals surface area contributed by atoms with Gasteiger partial charge in [0.1, 0.15) is 11.5 Å². The van der Waals surface area contributed by atoms with Gasteiger partial charge in [-0.1, -0.05) is 0 Å². The van der Waals surface area contributed by atoms with Crippen LogP contribution in [-0.2, 0) is 14.9 Å². The fourth-order valence-electron chi connectivity index (χ4n) is 1.60. The van der Waals surface area contributed by atoms with E-state index in [4.69, 9.17) is 14.2 Å². The summed E-state index contributed by atoms with van der Waals surface area (Å²) in [7, 11) is 3.16. The number of esters is 1. The van der Waals surface area contributed by atoms with Crippen molar-refractivity contribution in [3.63, 3.8) is 0 Å². The van der Waals surface area contributed by atoms with Crippen LogP contribution < -0.4 is 9.47 Å². The molecule has 1 aromatic rings. The molecule has 0 atom stereocenters. The molecule has 0 aliphatic carbocycles. The highest BCUT2D eigenvalue weighted by molar-refractivity contribution is 5.82. The first-order chi connectivity index (χ1) is 8.45. The van der Waals surface area contributed by atoms with Crippen LogP contribution in [0.4, 0.5) is 0 Å². The first kappa shape index (κ1) is 14.4. The highest BCUT2D eigenvalue weighted by Gasteiger charge is 2.32. The zero-order valence-corrected chi connectivity index (χ0v) is 11.6. The van der Waals surface area contributed by atoms with E-state index in [1.165, 1.54) is 0 Å². The Bertz CT molecular complexity index is 402. The lowest BCUT2D eigenvalue weighted by molar-refractivity contribution is -0.148. The molecule has 0 spiro atoms. The summed E-state index contributed by atoms with van der Waals surface area (Å²) in [6, 6.07) is 5.41. The summed E-state index contributed by atoms with van der Waals surface area (Å²) in [5.74, 6) is 1.05. The summed E-state index contributed by atoms with van der Waals surface area (Å²) in [6.07, 6.45) is 0. The van der Waals surface area contributed by atoms with Crippen molar-refractivity contribution in [1.82, 2.24) is 0 Å². The third kappa shape index (κ3) is 2.94. The number of methoxy groups -OCH3 is 2. The summed E-state index contributed by atoms with van der Waals surface area (Å²) in [5.41, 5.74) is 0.0647. The number of hydrogen-bond donors (Lipinski definition) is 0. The molecule has 0 fully saturated rings. The molecular formula is C14H20O4. The first-order valence-corrected chi connectivity index (χ1v) is 5.86.